The molecule has 0 bridgehead atoms. The van der Waals surface area contributed by atoms with Gasteiger partial charge in [-0.05, 0) is 60.4 Å². The lowest BCUT2D eigenvalue weighted by atomic mass is 10.00. The van der Waals surface area contributed by atoms with E-state index in [-0.39, 0.29) is 11.5 Å². The molecule has 7 heteroatoms. The monoisotopic (exact) mass is 362 g/mol. The van der Waals surface area contributed by atoms with Crippen molar-refractivity contribution in [2.75, 3.05) is 13.1 Å². The van der Waals surface area contributed by atoms with Crippen molar-refractivity contribution in [3.05, 3.63) is 70.3 Å². The molecule has 1 heterocycles. The van der Waals surface area contributed by atoms with Gasteiger partial charge in [0, 0.05) is 24.2 Å². The van der Waals surface area contributed by atoms with Crippen molar-refractivity contribution in [1.82, 2.24) is 4.90 Å². The van der Waals surface area contributed by atoms with Gasteiger partial charge in [-0.1, -0.05) is 6.07 Å². The van der Waals surface area contributed by atoms with Gasteiger partial charge >= 0.3 is 6.18 Å². The second-order valence-corrected chi connectivity index (χ2v) is 6.22. The highest BCUT2D eigenvalue weighted by Gasteiger charge is 2.30. The van der Waals surface area contributed by atoms with Crippen LogP contribution in [0, 0.1) is 0 Å². The molecule has 1 aliphatic heterocycles. The van der Waals surface area contributed by atoms with Gasteiger partial charge in [-0.15, -0.1) is 0 Å². The van der Waals surface area contributed by atoms with Crippen molar-refractivity contribution < 1.29 is 22.8 Å². The van der Waals surface area contributed by atoms with Crippen molar-refractivity contribution in [2.24, 2.45) is 5.73 Å². The number of nitrogens with zero attached hydrogens (tertiary/aromatic N) is 1. The smallest absolute Gasteiger partial charge is 0.366 e. The fourth-order valence-corrected chi connectivity index (χ4v) is 3.07. The average Bonchev–Trinajstić information content (AvgIpc) is 2.82. The van der Waals surface area contributed by atoms with E-state index in [2.05, 4.69) is 0 Å². The number of hydrogen-bond acceptors (Lipinski definition) is 2. The highest BCUT2D eigenvalue weighted by Crippen LogP contribution is 2.29. The number of hydrogen-bond donors (Lipinski definition) is 1. The first-order chi connectivity index (χ1) is 12.3. The van der Waals surface area contributed by atoms with E-state index in [1.54, 1.807) is 17.0 Å². The lowest BCUT2D eigenvalue weighted by Gasteiger charge is -2.20. The van der Waals surface area contributed by atoms with Gasteiger partial charge in [0.1, 0.15) is 0 Å². The summed E-state index contributed by atoms with van der Waals surface area (Å²) in [6.45, 7) is 0.887. The van der Waals surface area contributed by atoms with Crippen LogP contribution in [0.1, 0.15) is 37.4 Å². The molecular weight excluding hydrogens is 345 g/mol. The van der Waals surface area contributed by atoms with E-state index in [0.29, 0.717) is 31.5 Å². The van der Waals surface area contributed by atoms with E-state index in [4.69, 9.17) is 5.73 Å². The molecule has 26 heavy (non-hydrogen) atoms. The molecule has 0 radical (unpaired) electrons. The van der Waals surface area contributed by atoms with Gasteiger partial charge < -0.3 is 10.6 Å². The molecule has 3 rings (SSSR count). The predicted molar refractivity (Wildman–Crippen MR) is 89.7 cm³/mol. The van der Waals surface area contributed by atoms with Crippen LogP contribution in [0.2, 0.25) is 0 Å². The number of primary amides is 1. The van der Waals surface area contributed by atoms with Crippen LogP contribution < -0.4 is 5.73 Å². The Morgan fingerprint density at radius 3 is 2.04 bits per heavy atom. The number of nitrogens with two attached hydrogens (primary N) is 1. The van der Waals surface area contributed by atoms with Crippen molar-refractivity contribution in [3.8, 4) is 0 Å². The molecule has 0 saturated carbocycles. The standard InChI is InChI=1S/C19H17F3N2O2/c20-19(21,22)16-5-3-13(4-6-16)18(26)24-9-7-12-1-2-15(17(23)25)11-14(12)8-10-24/h1-6,11H,7-10H2,(H2,23,25). The molecule has 0 spiro atoms. The number of carbonyl (C=O) groups is 2. The van der Waals surface area contributed by atoms with Crippen LogP contribution >= 0.6 is 0 Å². The fraction of sp³-hybridized carbons (Fsp3) is 0.263. The molecule has 0 unspecified atom stereocenters. The summed E-state index contributed by atoms with van der Waals surface area (Å²) in [6, 6.07) is 9.47. The van der Waals surface area contributed by atoms with E-state index in [1.165, 1.54) is 12.1 Å². The summed E-state index contributed by atoms with van der Waals surface area (Å²) in [5, 5.41) is 0. The molecule has 2 N–H and O–H groups in total. The number of rotatable bonds is 2. The molecule has 0 saturated heterocycles. The van der Waals surface area contributed by atoms with Crippen LogP contribution in [0.15, 0.2) is 42.5 Å². The zero-order valence-electron chi connectivity index (χ0n) is 13.8. The summed E-state index contributed by atoms with van der Waals surface area (Å²) in [7, 11) is 0. The second-order valence-electron chi connectivity index (χ2n) is 6.22. The Morgan fingerprint density at radius 1 is 0.885 bits per heavy atom. The minimum absolute atomic E-state index is 0.224. The third-order valence-corrected chi connectivity index (χ3v) is 4.54. The lowest BCUT2D eigenvalue weighted by Crippen LogP contribution is -2.33. The van der Waals surface area contributed by atoms with Gasteiger partial charge in [-0.2, -0.15) is 13.2 Å². The van der Waals surface area contributed by atoms with Crippen LogP contribution in [0.3, 0.4) is 0 Å². The Balaban J connectivity index is 1.75. The maximum absolute atomic E-state index is 12.6. The zero-order chi connectivity index (χ0) is 18.9. The quantitative estimate of drug-likeness (QED) is 0.893. The van der Waals surface area contributed by atoms with Crippen LogP contribution in [0.5, 0.6) is 0 Å². The number of amides is 2. The summed E-state index contributed by atoms with van der Waals surface area (Å²) in [4.78, 5) is 25.5. The predicted octanol–water partition coefficient (Wildman–Crippen LogP) is 3.05. The molecule has 2 aromatic rings. The summed E-state index contributed by atoms with van der Waals surface area (Å²) in [5.41, 5.74) is 7.16. The Bertz CT molecular complexity index is 845. The van der Waals surface area contributed by atoms with Gasteiger partial charge in [-0.3, -0.25) is 9.59 Å². The second kappa shape index (κ2) is 6.82. The van der Waals surface area contributed by atoms with Crippen LogP contribution in [0.25, 0.3) is 0 Å². The molecular formula is C19H17F3N2O2. The topological polar surface area (TPSA) is 63.4 Å². The van der Waals surface area contributed by atoms with Gasteiger partial charge in [-0.25, -0.2) is 0 Å². The van der Waals surface area contributed by atoms with Crippen molar-refractivity contribution in [2.45, 2.75) is 19.0 Å². The van der Waals surface area contributed by atoms with Crippen LogP contribution in [-0.4, -0.2) is 29.8 Å². The van der Waals surface area contributed by atoms with Crippen molar-refractivity contribution in [3.63, 3.8) is 0 Å². The van der Waals surface area contributed by atoms with Crippen molar-refractivity contribution >= 4 is 11.8 Å². The molecule has 0 atom stereocenters. The molecule has 136 valence electrons. The lowest BCUT2D eigenvalue weighted by molar-refractivity contribution is -0.137. The minimum atomic E-state index is -4.43. The summed E-state index contributed by atoms with van der Waals surface area (Å²) >= 11 is 0. The molecule has 0 fully saturated rings. The van der Waals surface area contributed by atoms with Gasteiger partial charge in [0.25, 0.3) is 5.91 Å². The number of halogens is 3. The molecule has 4 nitrogen and oxygen atoms in total. The largest absolute Gasteiger partial charge is 0.416 e. The summed E-state index contributed by atoms with van der Waals surface area (Å²) in [6.07, 6.45) is -3.26. The Morgan fingerprint density at radius 2 is 1.46 bits per heavy atom. The zero-order valence-corrected chi connectivity index (χ0v) is 13.8. The fourth-order valence-electron chi connectivity index (χ4n) is 3.07. The maximum atomic E-state index is 12.6. The first-order valence-electron chi connectivity index (χ1n) is 8.14. The van der Waals surface area contributed by atoms with Gasteiger partial charge in [0.05, 0.1) is 5.56 Å². The molecule has 1 aliphatic rings. The molecule has 2 aromatic carbocycles. The Kier molecular flexibility index (Phi) is 4.71. The summed E-state index contributed by atoms with van der Waals surface area (Å²) < 4.78 is 37.9. The number of alkyl halides is 3. The first kappa shape index (κ1) is 18.0. The van der Waals surface area contributed by atoms with E-state index in [1.807, 2.05) is 6.07 Å². The molecule has 0 aliphatic carbocycles. The first-order valence-corrected chi connectivity index (χ1v) is 8.14. The van der Waals surface area contributed by atoms with Gasteiger partial charge in [0.2, 0.25) is 5.91 Å². The Hall–Kier alpha value is -2.83. The van der Waals surface area contributed by atoms with Crippen molar-refractivity contribution in [1.29, 1.82) is 0 Å². The average molecular weight is 362 g/mol. The number of carbonyl (C=O) groups excluding carboxylic acids is 2. The highest BCUT2D eigenvalue weighted by molar-refractivity contribution is 5.94. The number of fused-ring (bicyclic) bond motifs is 1. The van der Waals surface area contributed by atoms with E-state index < -0.39 is 17.6 Å². The summed E-state index contributed by atoms with van der Waals surface area (Å²) in [5.74, 6) is -0.809. The van der Waals surface area contributed by atoms with E-state index in [9.17, 15) is 22.8 Å². The Labute approximate surface area is 148 Å². The number of benzene rings is 2. The van der Waals surface area contributed by atoms with Crippen LogP contribution in [0.4, 0.5) is 13.2 Å². The SMILES string of the molecule is NC(=O)c1ccc2c(c1)CCN(C(=O)c1ccc(C(F)(F)F)cc1)CC2. The minimum Gasteiger partial charge on any atom is -0.366 e. The van der Waals surface area contributed by atoms with Crippen LogP contribution in [-0.2, 0) is 19.0 Å². The highest BCUT2D eigenvalue weighted by atomic mass is 19.4. The molecule has 2 amide bonds. The molecule has 0 aromatic heterocycles. The van der Waals surface area contributed by atoms with Gasteiger partial charge in [0.15, 0.2) is 0 Å². The van der Waals surface area contributed by atoms with E-state index in [0.717, 1.165) is 23.3 Å². The van der Waals surface area contributed by atoms with E-state index >= 15 is 0 Å². The maximum Gasteiger partial charge on any atom is 0.416 e. The normalized spacial score (nSPS) is 14.5. The third-order valence-electron chi connectivity index (χ3n) is 4.54. The third kappa shape index (κ3) is 3.71.